The first-order valence-corrected chi connectivity index (χ1v) is 26.9. The van der Waals surface area contributed by atoms with Crippen LogP contribution in [0.4, 0.5) is 21.0 Å². The normalized spacial score (nSPS) is 10.7. The molecule has 0 radical (unpaired) electrons. The molecule has 18 heteroatoms. The monoisotopic (exact) mass is 1080 g/mol. The van der Waals surface area contributed by atoms with Gasteiger partial charge in [0.2, 0.25) is 0 Å². The van der Waals surface area contributed by atoms with Crippen molar-refractivity contribution in [3.63, 3.8) is 0 Å². The molecule has 6 N–H and O–H groups in total. The van der Waals surface area contributed by atoms with Gasteiger partial charge in [-0.15, -0.1) is 0 Å². The standard InChI is InChI=1S/C27H25N3O3S.C21H20BrN3O3S.C6H7BO2.CH4/c31-27(29-18-21-14-16-28-17-15-21)30-26-12-8-23(9-13-26)20-34(32,33)19-22-6-10-25(11-7-22)24-4-2-1-3-5-24;22-19-5-1-17(2-6-19)14-29(27,28)15-18-3-7-20(8-4-18)25-21(26)24-13-16-9-11-23-12-10-16;8-7(9)6-4-2-1-3-5-6;/h1-17H,18-20H2,(H2,29,30,31);1-12H,13-15H2,(H2,24,25,26);1-5,8-9H;1H4. The number of rotatable bonds is 16. The molecule has 8 rings (SSSR count). The molecule has 0 fully saturated rings. The van der Waals surface area contributed by atoms with E-state index >= 15 is 0 Å². The van der Waals surface area contributed by atoms with Crippen LogP contribution in [0.5, 0.6) is 0 Å². The Bertz CT molecular complexity index is 3150. The van der Waals surface area contributed by atoms with E-state index in [4.69, 9.17) is 10.0 Å². The maximum absolute atomic E-state index is 12.7. The van der Waals surface area contributed by atoms with Crippen molar-refractivity contribution in [2.24, 2.45) is 0 Å². The SMILES string of the molecule is C.O=C(NCc1ccncc1)Nc1ccc(CS(=O)(=O)Cc2ccc(-c3ccccc3)cc2)cc1.O=C(NCc1ccncc1)Nc1ccc(CS(=O)(=O)Cc2ccc(Br)cc2)cc1.OB(O)c1ccccc1. The first-order valence-electron chi connectivity index (χ1n) is 22.4. The third-order valence-corrected chi connectivity index (χ3v) is 14.1. The Kier molecular flexibility index (Phi) is 22.1. The van der Waals surface area contributed by atoms with Crippen molar-refractivity contribution < 1.29 is 36.5 Å². The number of pyridine rings is 2. The molecule has 8 aromatic rings. The zero-order valence-corrected chi connectivity index (χ0v) is 42.1. The zero-order valence-electron chi connectivity index (χ0n) is 38.9. The lowest BCUT2D eigenvalue weighted by atomic mass is 9.81. The Morgan fingerprint density at radius 3 is 1.12 bits per heavy atom. The van der Waals surface area contributed by atoms with Gasteiger partial charge in [0.15, 0.2) is 19.7 Å². The second-order valence-corrected chi connectivity index (χ2v) is 21.3. The van der Waals surface area contributed by atoms with E-state index in [1.807, 2.05) is 97.1 Å². The van der Waals surface area contributed by atoms with Gasteiger partial charge in [-0.1, -0.05) is 145 Å². The molecule has 376 valence electrons. The molecule has 0 aliphatic heterocycles. The molecular weight excluding hydrogens is 1030 g/mol. The van der Waals surface area contributed by atoms with Gasteiger partial charge >= 0.3 is 19.2 Å². The Hall–Kier alpha value is -7.48. The van der Waals surface area contributed by atoms with Crippen molar-refractivity contribution in [1.29, 1.82) is 0 Å². The van der Waals surface area contributed by atoms with Crippen molar-refractivity contribution in [1.82, 2.24) is 20.6 Å². The van der Waals surface area contributed by atoms with Crippen LogP contribution in [0, 0.1) is 0 Å². The molecule has 0 saturated heterocycles. The van der Waals surface area contributed by atoms with Crippen LogP contribution < -0.4 is 26.7 Å². The largest absolute Gasteiger partial charge is 0.488 e. The Morgan fingerprint density at radius 2 is 0.767 bits per heavy atom. The molecule has 0 saturated carbocycles. The number of nitrogens with one attached hydrogen (secondary N) is 4. The van der Waals surface area contributed by atoms with E-state index in [1.165, 1.54) is 0 Å². The Morgan fingerprint density at radius 1 is 0.438 bits per heavy atom. The molecule has 14 nitrogen and oxygen atoms in total. The zero-order chi connectivity index (χ0) is 51.2. The fourth-order valence-electron chi connectivity index (χ4n) is 6.83. The molecule has 2 heterocycles. The van der Waals surface area contributed by atoms with Gasteiger partial charge < -0.3 is 31.3 Å². The number of hydrogen-bond acceptors (Lipinski definition) is 10. The lowest BCUT2D eigenvalue weighted by Crippen LogP contribution is -2.29. The van der Waals surface area contributed by atoms with Gasteiger partial charge in [-0.2, -0.15) is 0 Å². The fourth-order valence-corrected chi connectivity index (χ4v) is 10.1. The Labute approximate surface area is 436 Å². The predicted octanol–water partition coefficient (Wildman–Crippen LogP) is 9.47. The number of urea groups is 2. The van der Waals surface area contributed by atoms with Crippen LogP contribution in [-0.4, -0.2) is 56.0 Å². The highest BCUT2D eigenvalue weighted by molar-refractivity contribution is 9.10. The third-order valence-electron chi connectivity index (χ3n) is 10.4. The highest BCUT2D eigenvalue weighted by Gasteiger charge is 2.16. The van der Waals surface area contributed by atoms with E-state index in [9.17, 15) is 26.4 Å². The van der Waals surface area contributed by atoms with Crippen LogP contribution in [0.2, 0.25) is 0 Å². The lowest BCUT2D eigenvalue weighted by Gasteiger charge is -2.09. The lowest BCUT2D eigenvalue weighted by molar-refractivity contribution is 0.251. The number of halogens is 1. The van der Waals surface area contributed by atoms with Gasteiger partial charge in [0.25, 0.3) is 0 Å². The number of amides is 4. The summed E-state index contributed by atoms with van der Waals surface area (Å²) in [7, 11) is -7.98. The van der Waals surface area contributed by atoms with E-state index in [-0.39, 0.29) is 42.5 Å². The van der Waals surface area contributed by atoms with E-state index in [2.05, 4.69) is 47.2 Å². The van der Waals surface area contributed by atoms with Crippen molar-refractivity contribution in [2.75, 3.05) is 10.6 Å². The number of carbonyl (C=O) groups is 2. The molecule has 0 spiro atoms. The summed E-state index contributed by atoms with van der Waals surface area (Å²) < 4.78 is 51.2. The number of nitrogens with zero attached hydrogens (tertiary/aromatic N) is 2. The summed E-state index contributed by atoms with van der Waals surface area (Å²) in [6, 6.07) is 53.7. The fraction of sp³-hybridized carbons (Fsp3) is 0.127. The molecule has 0 atom stereocenters. The van der Waals surface area contributed by atoms with Crippen LogP contribution >= 0.6 is 15.9 Å². The number of carbonyl (C=O) groups excluding carboxylic acids is 2. The highest BCUT2D eigenvalue weighted by Crippen LogP contribution is 2.22. The van der Waals surface area contributed by atoms with Crippen LogP contribution in [0.25, 0.3) is 11.1 Å². The number of benzene rings is 6. The minimum absolute atomic E-state index is 0. The van der Waals surface area contributed by atoms with Crippen molar-refractivity contribution in [3.05, 3.63) is 245 Å². The summed E-state index contributed by atoms with van der Waals surface area (Å²) in [6.45, 7) is 0.776. The molecule has 2 aromatic heterocycles. The number of hydrogen-bond donors (Lipinski definition) is 6. The third kappa shape index (κ3) is 20.6. The maximum atomic E-state index is 12.7. The van der Waals surface area contributed by atoms with Crippen molar-refractivity contribution in [3.8, 4) is 11.1 Å². The van der Waals surface area contributed by atoms with E-state index < -0.39 is 26.8 Å². The second-order valence-electron chi connectivity index (χ2n) is 16.3. The first-order chi connectivity index (χ1) is 34.7. The van der Waals surface area contributed by atoms with E-state index in [0.717, 1.165) is 37.9 Å². The smallest absolute Gasteiger partial charge is 0.423 e. The molecular formula is C55H56BBrN6O8S2. The minimum Gasteiger partial charge on any atom is -0.423 e. The van der Waals surface area contributed by atoms with E-state index in [1.54, 1.807) is 110 Å². The van der Waals surface area contributed by atoms with Crippen LogP contribution in [0.3, 0.4) is 0 Å². The summed E-state index contributed by atoms with van der Waals surface area (Å²) in [5.74, 6) is -0.170. The molecule has 0 aliphatic carbocycles. The van der Waals surface area contributed by atoms with Gasteiger partial charge in [0.1, 0.15) is 0 Å². The topological polar surface area (TPSA) is 217 Å². The highest BCUT2D eigenvalue weighted by atomic mass is 79.9. The quantitative estimate of drug-likeness (QED) is 0.0504. The second kappa shape index (κ2) is 28.5. The molecule has 0 bridgehead atoms. The van der Waals surface area contributed by atoms with Crippen LogP contribution in [-0.2, 0) is 55.8 Å². The molecule has 4 amide bonds. The number of anilines is 2. The van der Waals surface area contributed by atoms with Gasteiger partial charge in [-0.3, -0.25) is 9.97 Å². The number of aromatic nitrogens is 2. The Balaban J connectivity index is 0.000000230. The summed E-state index contributed by atoms with van der Waals surface area (Å²) >= 11 is 3.34. The average molecular weight is 1080 g/mol. The molecule has 73 heavy (non-hydrogen) atoms. The predicted molar refractivity (Wildman–Crippen MR) is 295 cm³/mol. The van der Waals surface area contributed by atoms with Crippen molar-refractivity contribution in [2.45, 2.75) is 43.5 Å². The van der Waals surface area contributed by atoms with E-state index in [0.29, 0.717) is 41.1 Å². The van der Waals surface area contributed by atoms with Crippen LogP contribution in [0.15, 0.2) is 211 Å². The minimum atomic E-state index is -3.35. The molecule has 0 unspecified atom stereocenters. The van der Waals surface area contributed by atoms with Crippen molar-refractivity contribution >= 4 is 71.6 Å². The summed E-state index contributed by atoms with van der Waals surface area (Å²) in [6.07, 6.45) is 6.67. The van der Waals surface area contributed by atoms with Gasteiger partial charge in [-0.05, 0) is 111 Å². The van der Waals surface area contributed by atoms with Gasteiger partial charge in [-0.25, -0.2) is 26.4 Å². The molecule has 0 aliphatic rings. The summed E-state index contributed by atoms with van der Waals surface area (Å²) in [4.78, 5) is 31.9. The van der Waals surface area contributed by atoms with Crippen LogP contribution in [0.1, 0.15) is 40.8 Å². The molecule has 6 aromatic carbocycles. The first kappa shape index (κ1) is 56.4. The summed E-state index contributed by atoms with van der Waals surface area (Å²) in [5.41, 5.74) is 8.58. The number of sulfone groups is 2. The summed E-state index contributed by atoms with van der Waals surface area (Å²) in [5, 5.41) is 28.2. The maximum Gasteiger partial charge on any atom is 0.488 e. The van der Waals surface area contributed by atoms with Gasteiger partial charge in [0, 0.05) is 53.7 Å². The van der Waals surface area contributed by atoms with Gasteiger partial charge in [0.05, 0.1) is 23.0 Å². The average Bonchev–Trinajstić information content (AvgIpc) is 3.38.